The highest BCUT2D eigenvalue weighted by Gasteiger charge is 2.40. The summed E-state index contributed by atoms with van der Waals surface area (Å²) < 4.78 is 0. The van der Waals surface area contributed by atoms with E-state index in [4.69, 9.17) is 0 Å². The summed E-state index contributed by atoms with van der Waals surface area (Å²) in [6, 6.07) is 43.8. The zero-order valence-electron chi connectivity index (χ0n) is 20.1. The van der Waals surface area contributed by atoms with Crippen molar-refractivity contribution in [2.24, 2.45) is 0 Å². The summed E-state index contributed by atoms with van der Waals surface area (Å²) in [5, 5.41) is 5.57. The molecule has 1 fully saturated rings. The van der Waals surface area contributed by atoms with E-state index in [0.717, 1.165) is 19.1 Å². The Kier molecular flexibility index (Phi) is 7.72. The first-order valence-corrected chi connectivity index (χ1v) is 15.2. The highest BCUT2D eigenvalue weighted by molar-refractivity contribution is 7.74. The van der Waals surface area contributed by atoms with Gasteiger partial charge in [0.2, 0.25) is 5.91 Å². The lowest BCUT2D eigenvalue weighted by Crippen LogP contribution is -2.37. The molecule has 0 spiro atoms. The summed E-state index contributed by atoms with van der Waals surface area (Å²) in [6.07, 6.45) is 2.06. The molecule has 1 amide bonds. The van der Waals surface area contributed by atoms with Crippen LogP contribution in [0.4, 0.5) is 0 Å². The van der Waals surface area contributed by atoms with Gasteiger partial charge in [0, 0.05) is 25.2 Å². The van der Waals surface area contributed by atoms with E-state index < -0.39 is 15.8 Å². The molecule has 0 radical (unpaired) electrons. The molecule has 4 aromatic rings. The number of carbonyl (C=O) groups is 1. The number of likely N-dealkylation sites (tertiary alicyclic amines) is 1. The van der Waals surface area contributed by atoms with Gasteiger partial charge < -0.3 is 4.90 Å². The van der Waals surface area contributed by atoms with Crippen LogP contribution < -0.4 is 21.2 Å². The first kappa shape index (κ1) is 23.9. The Labute approximate surface area is 211 Å². The summed E-state index contributed by atoms with van der Waals surface area (Å²) in [7, 11) is -1.10. The third-order valence-electron chi connectivity index (χ3n) is 6.76. The minimum atomic E-state index is -0.550. The Balaban J connectivity index is 1.48. The third-order valence-corrected chi connectivity index (χ3v) is 12.2. The normalized spacial score (nSPS) is 17.7. The lowest BCUT2D eigenvalue weighted by molar-refractivity contribution is -0.129. The molecule has 0 saturated carbocycles. The van der Waals surface area contributed by atoms with Crippen molar-refractivity contribution in [2.45, 2.75) is 25.0 Å². The van der Waals surface area contributed by atoms with E-state index in [1.54, 1.807) is 6.92 Å². The van der Waals surface area contributed by atoms with Crippen molar-refractivity contribution in [2.75, 3.05) is 12.7 Å². The van der Waals surface area contributed by atoms with Crippen LogP contribution >= 0.6 is 15.8 Å². The van der Waals surface area contributed by atoms with Crippen LogP contribution in [0.15, 0.2) is 121 Å². The number of rotatable bonds is 7. The molecular formula is C31H31NOP2. The Hall–Kier alpha value is -2.79. The van der Waals surface area contributed by atoms with Gasteiger partial charge >= 0.3 is 0 Å². The van der Waals surface area contributed by atoms with Gasteiger partial charge in [-0.3, -0.25) is 4.79 Å². The van der Waals surface area contributed by atoms with E-state index in [1.165, 1.54) is 21.2 Å². The Morgan fingerprint density at radius 3 is 1.49 bits per heavy atom. The minimum absolute atomic E-state index is 0.199. The largest absolute Gasteiger partial charge is 0.339 e. The number of hydrogen-bond acceptors (Lipinski definition) is 1. The van der Waals surface area contributed by atoms with Crippen LogP contribution in [0, 0.1) is 0 Å². The summed E-state index contributed by atoms with van der Waals surface area (Å²) in [5.41, 5.74) is 0.451. The van der Waals surface area contributed by atoms with E-state index in [-0.39, 0.29) is 11.9 Å². The molecule has 4 heteroatoms. The molecule has 4 aromatic carbocycles. The maximum atomic E-state index is 12.9. The predicted octanol–water partition coefficient (Wildman–Crippen LogP) is 5.24. The van der Waals surface area contributed by atoms with Gasteiger partial charge in [0.05, 0.1) is 0 Å². The molecule has 0 N–H and O–H groups in total. The Morgan fingerprint density at radius 1 is 0.686 bits per heavy atom. The second-order valence-electron chi connectivity index (χ2n) is 9.04. The summed E-state index contributed by atoms with van der Waals surface area (Å²) >= 11 is 0. The molecule has 5 rings (SSSR count). The fraction of sp³-hybridized carbons (Fsp3) is 0.194. The second-order valence-corrected chi connectivity index (χ2v) is 13.8. The zero-order valence-corrected chi connectivity index (χ0v) is 21.9. The molecule has 2 atom stereocenters. The van der Waals surface area contributed by atoms with Crippen molar-refractivity contribution in [3.8, 4) is 0 Å². The van der Waals surface area contributed by atoms with Gasteiger partial charge in [-0.05, 0) is 49.6 Å². The first-order valence-electron chi connectivity index (χ1n) is 12.2. The number of amides is 1. The van der Waals surface area contributed by atoms with Crippen molar-refractivity contribution in [1.82, 2.24) is 4.90 Å². The maximum Gasteiger partial charge on any atom is 0.219 e. The van der Waals surface area contributed by atoms with Gasteiger partial charge in [-0.15, -0.1) is 0 Å². The SMILES string of the molecule is CC(=O)N1CC(P(c2ccccc2)c2ccccc2)CC1CP(c1ccccc1)c1ccccc1. The standard InChI is InChI=1S/C31H31NOP2/c1-25(33)32-23-31(35(29-18-10-4-11-19-29)30-20-12-5-13-21-30)22-26(32)24-34(27-14-6-2-7-15-27)28-16-8-3-9-17-28/h2-21,26,31H,22-24H2,1H3. The van der Waals surface area contributed by atoms with E-state index >= 15 is 0 Å². The molecule has 0 aliphatic carbocycles. The predicted molar refractivity (Wildman–Crippen MR) is 153 cm³/mol. The molecule has 0 bridgehead atoms. The van der Waals surface area contributed by atoms with Gasteiger partial charge in [0.25, 0.3) is 0 Å². The van der Waals surface area contributed by atoms with Crippen molar-refractivity contribution >= 4 is 43.0 Å². The number of carbonyl (C=O) groups excluding carboxylic acids is 1. The van der Waals surface area contributed by atoms with Crippen LogP contribution in [-0.4, -0.2) is 35.2 Å². The van der Waals surface area contributed by atoms with Crippen molar-refractivity contribution < 1.29 is 4.79 Å². The Bertz CT molecular complexity index is 1140. The topological polar surface area (TPSA) is 20.3 Å². The summed E-state index contributed by atoms with van der Waals surface area (Å²) in [4.78, 5) is 15.1. The number of hydrogen-bond donors (Lipinski definition) is 0. The van der Waals surface area contributed by atoms with Crippen LogP contribution in [0.3, 0.4) is 0 Å². The van der Waals surface area contributed by atoms with E-state index in [1.807, 2.05) is 0 Å². The number of benzene rings is 4. The third kappa shape index (κ3) is 5.56. The molecule has 1 saturated heterocycles. The maximum absolute atomic E-state index is 12.9. The zero-order chi connectivity index (χ0) is 24.0. The lowest BCUT2D eigenvalue weighted by Gasteiger charge is -2.28. The van der Waals surface area contributed by atoms with E-state index in [2.05, 4.69) is 126 Å². The van der Waals surface area contributed by atoms with Crippen LogP contribution in [0.2, 0.25) is 0 Å². The van der Waals surface area contributed by atoms with Gasteiger partial charge in [-0.2, -0.15) is 0 Å². The fourth-order valence-electron chi connectivity index (χ4n) is 5.17. The molecule has 1 aliphatic rings. The average Bonchev–Trinajstić information content (AvgIpc) is 3.33. The van der Waals surface area contributed by atoms with Crippen molar-refractivity contribution in [3.05, 3.63) is 121 Å². The van der Waals surface area contributed by atoms with Crippen molar-refractivity contribution in [3.63, 3.8) is 0 Å². The monoisotopic (exact) mass is 495 g/mol. The quantitative estimate of drug-likeness (QED) is 0.321. The van der Waals surface area contributed by atoms with Gasteiger partial charge in [-0.25, -0.2) is 0 Å². The van der Waals surface area contributed by atoms with Crippen LogP contribution in [0.1, 0.15) is 13.3 Å². The Morgan fingerprint density at radius 2 is 1.09 bits per heavy atom. The van der Waals surface area contributed by atoms with Gasteiger partial charge in [0.1, 0.15) is 0 Å². The minimum Gasteiger partial charge on any atom is -0.339 e. The molecule has 35 heavy (non-hydrogen) atoms. The highest BCUT2D eigenvalue weighted by atomic mass is 31.1. The van der Waals surface area contributed by atoms with Gasteiger partial charge in [0.15, 0.2) is 0 Å². The summed E-state index contributed by atoms with van der Waals surface area (Å²) in [6.45, 7) is 2.58. The fourth-order valence-corrected chi connectivity index (χ4v) is 10.6. The molecular weight excluding hydrogens is 464 g/mol. The lowest BCUT2D eigenvalue weighted by atomic mass is 10.2. The van der Waals surface area contributed by atoms with E-state index in [0.29, 0.717) is 5.66 Å². The van der Waals surface area contributed by atoms with Gasteiger partial charge in [-0.1, -0.05) is 121 Å². The summed E-state index contributed by atoms with van der Waals surface area (Å²) in [5.74, 6) is 0.199. The van der Waals surface area contributed by atoms with Crippen molar-refractivity contribution in [1.29, 1.82) is 0 Å². The van der Waals surface area contributed by atoms with Crippen LogP contribution in [0.25, 0.3) is 0 Å². The van der Waals surface area contributed by atoms with Crippen LogP contribution in [0.5, 0.6) is 0 Å². The smallest absolute Gasteiger partial charge is 0.219 e. The average molecular weight is 496 g/mol. The molecule has 176 valence electrons. The second kappa shape index (κ2) is 11.3. The number of nitrogens with zero attached hydrogens (tertiary/aromatic N) is 1. The molecule has 1 heterocycles. The molecule has 1 aliphatic heterocycles. The first-order chi connectivity index (χ1) is 17.2. The van der Waals surface area contributed by atoms with Crippen LogP contribution in [-0.2, 0) is 4.79 Å². The molecule has 2 unspecified atom stereocenters. The highest BCUT2D eigenvalue weighted by Crippen LogP contribution is 2.47. The van der Waals surface area contributed by atoms with E-state index in [9.17, 15) is 4.79 Å². The molecule has 2 nitrogen and oxygen atoms in total. The molecule has 0 aromatic heterocycles.